The fraction of sp³-hybridized carbons (Fsp3) is 0.348. The predicted octanol–water partition coefficient (Wildman–Crippen LogP) is 3.46. The molecule has 0 saturated heterocycles. The van der Waals surface area contributed by atoms with Crippen molar-refractivity contribution in [2.45, 2.75) is 46.2 Å². The standard InChI is InChI=1S/C23H27N5O4/c1-14(2)28-20-17(12-24-28)16(11-18(25-20)15-9-7-6-8-10-15)21(30)32-13-19(29)26-22(31)27-23(3,4)5/h6-12,14H,13H2,1-5H3,(H2,26,27,29,31). The molecule has 0 spiro atoms. The molecule has 0 aliphatic heterocycles. The molecule has 32 heavy (non-hydrogen) atoms. The second kappa shape index (κ2) is 9.17. The summed E-state index contributed by atoms with van der Waals surface area (Å²) >= 11 is 0. The first-order valence-corrected chi connectivity index (χ1v) is 10.3. The quantitative estimate of drug-likeness (QED) is 0.591. The molecule has 168 valence electrons. The van der Waals surface area contributed by atoms with Gasteiger partial charge in [0.25, 0.3) is 5.91 Å². The van der Waals surface area contributed by atoms with Crippen LogP contribution < -0.4 is 10.6 Å². The van der Waals surface area contributed by atoms with Gasteiger partial charge in [-0.05, 0) is 40.7 Å². The van der Waals surface area contributed by atoms with Crippen molar-refractivity contribution in [3.05, 3.63) is 48.2 Å². The number of fused-ring (bicyclic) bond motifs is 1. The van der Waals surface area contributed by atoms with Gasteiger partial charge in [-0.3, -0.25) is 10.1 Å². The molecule has 0 saturated carbocycles. The molecule has 0 atom stereocenters. The number of nitrogens with zero attached hydrogens (tertiary/aromatic N) is 3. The maximum absolute atomic E-state index is 12.9. The van der Waals surface area contributed by atoms with Crippen LogP contribution in [0.4, 0.5) is 4.79 Å². The number of imide groups is 1. The average molecular weight is 438 g/mol. The number of benzene rings is 1. The number of ether oxygens (including phenoxy) is 1. The van der Waals surface area contributed by atoms with E-state index in [1.54, 1.807) is 37.7 Å². The third kappa shape index (κ3) is 5.48. The van der Waals surface area contributed by atoms with Crippen molar-refractivity contribution in [2.24, 2.45) is 0 Å². The molecule has 2 aromatic heterocycles. The monoisotopic (exact) mass is 437 g/mol. The van der Waals surface area contributed by atoms with E-state index in [9.17, 15) is 14.4 Å². The van der Waals surface area contributed by atoms with E-state index in [4.69, 9.17) is 9.72 Å². The van der Waals surface area contributed by atoms with Crippen molar-refractivity contribution in [3.63, 3.8) is 0 Å². The molecule has 0 bridgehead atoms. The summed E-state index contributed by atoms with van der Waals surface area (Å²) in [6.45, 7) is 8.69. The van der Waals surface area contributed by atoms with Gasteiger partial charge in [-0.1, -0.05) is 30.3 Å². The first-order chi connectivity index (χ1) is 15.0. The fourth-order valence-electron chi connectivity index (χ4n) is 3.07. The summed E-state index contributed by atoms with van der Waals surface area (Å²) in [5.41, 5.74) is 1.70. The molecule has 1 aromatic carbocycles. The number of pyridine rings is 1. The number of amides is 3. The molecule has 9 nitrogen and oxygen atoms in total. The molecule has 0 fully saturated rings. The molecule has 0 aliphatic carbocycles. The second-order valence-corrected chi connectivity index (χ2v) is 8.67. The van der Waals surface area contributed by atoms with Gasteiger partial charge in [-0.15, -0.1) is 0 Å². The van der Waals surface area contributed by atoms with Crippen LogP contribution in [-0.4, -0.2) is 44.8 Å². The molecule has 0 aliphatic rings. The van der Waals surface area contributed by atoms with Gasteiger partial charge in [0.15, 0.2) is 12.3 Å². The number of carbonyl (C=O) groups is 3. The number of rotatable bonds is 5. The minimum Gasteiger partial charge on any atom is -0.452 e. The van der Waals surface area contributed by atoms with Crippen LogP contribution in [-0.2, 0) is 9.53 Å². The Balaban J connectivity index is 1.84. The second-order valence-electron chi connectivity index (χ2n) is 8.67. The molecule has 3 amide bonds. The summed E-state index contributed by atoms with van der Waals surface area (Å²) in [5.74, 6) is -1.43. The molecular weight excluding hydrogens is 410 g/mol. The maximum atomic E-state index is 12.9. The van der Waals surface area contributed by atoms with E-state index in [0.29, 0.717) is 16.7 Å². The zero-order chi connectivity index (χ0) is 23.5. The highest BCUT2D eigenvalue weighted by Gasteiger charge is 2.21. The predicted molar refractivity (Wildman–Crippen MR) is 120 cm³/mol. The van der Waals surface area contributed by atoms with E-state index in [0.717, 1.165) is 5.56 Å². The van der Waals surface area contributed by atoms with Gasteiger partial charge in [0.2, 0.25) is 0 Å². The number of nitrogens with one attached hydrogen (secondary N) is 2. The summed E-state index contributed by atoms with van der Waals surface area (Å²) in [4.78, 5) is 41.4. The number of hydrogen-bond acceptors (Lipinski definition) is 6. The van der Waals surface area contributed by atoms with Gasteiger partial charge < -0.3 is 10.1 Å². The van der Waals surface area contributed by atoms with E-state index in [1.807, 2.05) is 44.2 Å². The third-order valence-corrected chi connectivity index (χ3v) is 4.42. The van der Waals surface area contributed by atoms with Crippen LogP contribution in [0.15, 0.2) is 42.6 Å². The lowest BCUT2D eigenvalue weighted by Gasteiger charge is -2.20. The number of aromatic nitrogens is 3. The zero-order valence-corrected chi connectivity index (χ0v) is 18.8. The highest BCUT2D eigenvalue weighted by atomic mass is 16.5. The summed E-state index contributed by atoms with van der Waals surface area (Å²) in [5, 5.41) is 9.62. The van der Waals surface area contributed by atoms with Gasteiger partial charge >= 0.3 is 12.0 Å². The lowest BCUT2D eigenvalue weighted by molar-refractivity contribution is -0.123. The topological polar surface area (TPSA) is 115 Å². The smallest absolute Gasteiger partial charge is 0.339 e. The highest BCUT2D eigenvalue weighted by molar-refractivity contribution is 6.04. The summed E-state index contributed by atoms with van der Waals surface area (Å²) in [7, 11) is 0. The number of esters is 1. The lowest BCUT2D eigenvalue weighted by Crippen LogP contribution is -2.49. The van der Waals surface area contributed by atoms with E-state index in [1.165, 1.54) is 0 Å². The van der Waals surface area contributed by atoms with Gasteiger partial charge in [-0.25, -0.2) is 19.3 Å². The summed E-state index contributed by atoms with van der Waals surface area (Å²) in [6.07, 6.45) is 1.56. The minimum atomic E-state index is -0.730. The first kappa shape index (κ1) is 22.9. The first-order valence-electron chi connectivity index (χ1n) is 10.3. The Bertz CT molecular complexity index is 1150. The van der Waals surface area contributed by atoms with Gasteiger partial charge in [0.1, 0.15) is 0 Å². The molecule has 3 aromatic rings. The van der Waals surface area contributed by atoms with Gasteiger partial charge in [0, 0.05) is 17.1 Å². The van der Waals surface area contributed by atoms with E-state index in [2.05, 4.69) is 15.7 Å². The van der Waals surface area contributed by atoms with E-state index >= 15 is 0 Å². The SMILES string of the molecule is CC(C)n1ncc2c(C(=O)OCC(=O)NC(=O)NC(C)(C)C)cc(-c3ccccc3)nc21. The fourth-order valence-corrected chi connectivity index (χ4v) is 3.07. The molecule has 2 heterocycles. The molecule has 2 N–H and O–H groups in total. The van der Waals surface area contributed by atoms with Crippen molar-refractivity contribution in [2.75, 3.05) is 6.61 Å². The van der Waals surface area contributed by atoms with Crippen molar-refractivity contribution in [3.8, 4) is 11.3 Å². The van der Waals surface area contributed by atoms with Crippen molar-refractivity contribution >= 4 is 28.9 Å². The number of carbonyl (C=O) groups excluding carboxylic acids is 3. The van der Waals surface area contributed by atoms with Crippen LogP contribution in [0.1, 0.15) is 51.0 Å². The van der Waals surface area contributed by atoms with E-state index < -0.39 is 30.1 Å². The Morgan fingerprint density at radius 3 is 2.44 bits per heavy atom. The summed E-state index contributed by atoms with van der Waals surface area (Å²) in [6, 6.07) is 10.4. The molecule has 0 unspecified atom stereocenters. The Morgan fingerprint density at radius 1 is 1.12 bits per heavy atom. The normalized spacial score (nSPS) is 11.4. The van der Waals surface area contributed by atoms with Crippen LogP contribution in [0, 0.1) is 0 Å². The third-order valence-electron chi connectivity index (χ3n) is 4.42. The minimum absolute atomic E-state index is 0.0296. The Morgan fingerprint density at radius 2 is 1.81 bits per heavy atom. The largest absolute Gasteiger partial charge is 0.452 e. The van der Waals surface area contributed by atoms with Crippen LogP contribution in [0.5, 0.6) is 0 Å². The average Bonchev–Trinajstić information content (AvgIpc) is 3.14. The van der Waals surface area contributed by atoms with Crippen molar-refractivity contribution in [1.82, 2.24) is 25.4 Å². The van der Waals surface area contributed by atoms with Crippen LogP contribution in [0.25, 0.3) is 22.3 Å². The van der Waals surface area contributed by atoms with Gasteiger partial charge in [0.05, 0.1) is 22.8 Å². The van der Waals surface area contributed by atoms with Crippen LogP contribution in [0.2, 0.25) is 0 Å². The maximum Gasteiger partial charge on any atom is 0.339 e. The number of urea groups is 1. The molecule has 0 radical (unpaired) electrons. The van der Waals surface area contributed by atoms with Crippen LogP contribution >= 0.6 is 0 Å². The molecular formula is C23H27N5O4. The lowest BCUT2D eigenvalue weighted by atomic mass is 10.1. The van der Waals surface area contributed by atoms with Gasteiger partial charge in [-0.2, -0.15) is 5.10 Å². The molecule has 9 heteroatoms. The number of hydrogen-bond donors (Lipinski definition) is 2. The van der Waals surface area contributed by atoms with Crippen LogP contribution in [0.3, 0.4) is 0 Å². The Labute approximate surface area is 186 Å². The molecule has 3 rings (SSSR count). The van der Waals surface area contributed by atoms with E-state index in [-0.39, 0.29) is 11.6 Å². The Kier molecular flexibility index (Phi) is 6.57. The summed E-state index contributed by atoms with van der Waals surface area (Å²) < 4.78 is 6.92. The van der Waals surface area contributed by atoms with Crippen molar-refractivity contribution in [1.29, 1.82) is 0 Å². The highest BCUT2D eigenvalue weighted by Crippen LogP contribution is 2.26. The van der Waals surface area contributed by atoms with Crippen molar-refractivity contribution < 1.29 is 19.1 Å². The Hall–Kier alpha value is -3.75. The zero-order valence-electron chi connectivity index (χ0n) is 18.8.